The summed E-state index contributed by atoms with van der Waals surface area (Å²) in [4.78, 5) is 0. The molecule has 0 amide bonds. The van der Waals surface area contributed by atoms with Crippen LogP contribution in [-0.2, 0) is 11.3 Å². The number of anilines is 1. The standard InChI is InChI=1S/C6H6INO2S.Na/c7-5-1-3-6(4-2-5)8-11(9)10;/h1-4,8H,(H,9,10);/p-1. The Kier molecular flexibility index (Phi) is 6.79. The topological polar surface area (TPSA) is 52.2 Å². The van der Waals surface area contributed by atoms with Crippen molar-refractivity contribution in [3.05, 3.63) is 27.8 Å². The van der Waals surface area contributed by atoms with Crippen LogP contribution in [0.25, 0.3) is 0 Å². The first-order valence-corrected chi connectivity index (χ1v) is 4.95. The van der Waals surface area contributed by atoms with Gasteiger partial charge in [0.05, 0.1) is 0 Å². The molecule has 0 aromatic heterocycles. The van der Waals surface area contributed by atoms with Gasteiger partial charge < -0.3 is 9.27 Å². The fraction of sp³-hybridized carbons (Fsp3) is 0. The van der Waals surface area contributed by atoms with Crippen molar-refractivity contribution < 1.29 is 8.76 Å². The van der Waals surface area contributed by atoms with Gasteiger partial charge in [0.2, 0.25) is 0 Å². The van der Waals surface area contributed by atoms with Crippen molar-refractivity contribution in [1.29, 1.82) is 0 Å². The van der Waals surface area contributed by atoms with Gasteiger partial charge in [-0.05, 0) is 46.9 Å². The van der Waals surface area contributed by atoms with Gasteiger partial charge in [-0.2, -0.15) is 0 Å². The minimum atomic E-state index is -2.23. The second-order valence-electron chi connectivity index (χ2n) is 1.84. The normalized spacial score (nSPS) is 11.5. The Morgan fingerprint density at radius 3 is 2.25 bits per heavy atom. The molecule has 1 radical (unpaired) electrons. The summed E-state index contributed by atoms with van der Waals surface area (Å²) in [5.41, 5.74) is 0.582. The Balaban J connectivity index is 0.00000121. The molecule has 1 unspecified atom stereocenters. The zero-order valence-corrected chi connectivity index (χ0v) is 11.4. The minimum absolute atomic E-state index is 0. The van der Waals surface area contributed by atoms with E-state index in [1.165, 1.54) is 0 Å². The number of benzene rings is 1. The number of hydrogen-bond acceptors (Lipinski definition) is 2. The van der Waals surface area contributed by atoms with E-state index in [0.29, 0.717) is 5.69 Å². The summed E-state index contributed by atoms with van der Waals surface area (Å²) in [6.45, 7) is 0. The molecular weight excluding hydrogens is 300 g/mol. The first-order valence-electron chi connectivity index (χ1n) is 2.80. The Labute approximate surface area is 109 Å². The Hall–Kier alpha value is 0.860. The zero-order valence-electron chi connectivity index (χ0n) is 6.41. The van der Waals surface area contributed by atoms with Gasteiger partial charge in [-0.1, -0.05) is 0 Å². The van der Waals surface area contributed by atoms with Gasteiger partial charge >= 0.3 is 0 Å². The van der Waals surface area contributed by atoms with Crippen molar-refractivity contribution in [2.45, 2.75) is 0 Å². The SMILES string of the molecule is O=S([O-])Nc1ccc(I)cc1.[Na]. The number of rotatable bonds is 2. The van der Waals surface area contributed by atoms with Crippen LogP contribution in [0.15, 0.2) is 24.3 Å². The number of hydrogen-bond donors (Lipinski definition) is 1. The van der Waals surface area contributed by atoms with E-state index >= 15 is 0 Å². The molecule has 1 aromatic carbocycles. The second kappa shape index (κ2) is 6.33. The van der Waals surface area contributed by atoms with Crippen molar-refractivity contribution in [3.8, 4) is 0 Å². The number of halogens is 1. The maximum atomic E-state index is 10.1. The summed E-state index contributed by atoms with van der Waals surface area (Å²) in [5, 5.41) is 0. The van der Waals surface area contributed by atoms with Crippen molar-refractivity contribution in [1.82, 2.24) is 0 Å². The molecule has 0 aliphatic carbocycles. The van der Waals surface area contributed by atoms with Gasteiger partial charge in [-0.3, -0.25) is 4.21 Å². The summed E-state index contributed by atoms with van der Waals surface area (Å²) in [5.74, 6) is 0. The first-order chi connectivity index (χ1) is 5.18. The molecular formula is C6H5INNaO2S-. The van der Waals surface area contributed by atoms with Crippen LogP contribution in [0.3, 0.4) is 0 Å². The van der Waals surface area contributed by atoms with E-state index in [0.717, 1.165) is 3.57 Å². The number of nitrogens with one attached hydrogen (secondary N) is 1. The van der Waals surface area contributed by atoms with Crippen molar-refractivity contribution in [3.63, 3.8) is 0 Å². The van der Waals surface area contributed by atoms with Crippen LogP contribution in [0.1, 0.15) is 0 Å². The molecule has 0 heterocycles. The van der Waals surface area contributed by atoms with E-state index in [9.17, 15) is 8.76 Å². The molecule has 0 saturated heterocycles. The molecule has 0 bridgehead atoms. The summed E-state index contributed by atoms with van der Waals surface area (Å²) < 4.78 is 23.6. The molecule has 0 fully saturated rings. The third-order valence-electron chi connectivity index (χ3n) is 1.05. The molecule has 3 nitrogen and oxygen atoms in total. The van der Waals surface area contributed by atoms with E-state index in [2.05, 4.69) is 27.3 Å². The van der Waals surface area contributed by atoms with Crippen LogP contribution in [0.5, 0.6) is 0 Å². The van der Waals surface area contributed by atoms with E-state index in [-0.39, 0.29) is 29.6 Å². The van der Waals surface area contributed by atoms with Gasteiger partial charge in [0.1, 0.15) is 0 Å². The molecule has 0 aliphatic heterocycles. The second-order valence-corrected chi connectivity index (χ2v) is 3.76. The van der Waals surface area contributed by atoms with Gasteiger partial charge in [0.25, 0.3) is 0 Å². The van der Waals surface area contributed by atoms with E-state index in [1.54, 1.807) is 12.1 Å². The van der Waals surface area contributed by atoms with Crippen molar-refractivity contribution in [2.75, 3.05) is 4.72 Å². The van der Waals surface area contributed by atoms with Gasteiger partial charge in [0.15, 0.2) is 0 Å². The fourth-order valence-corrected chi connectivity index (χ4v) is 1.30. The monoisotopic (exact) mass is 305 g/mol. The maximum absolute atomic E-state index is 10.1. The molecule has 0 spiro atoms. The largest absolute Gasteiger partial charge is 0.755 e. The Bertz CT molecular complexity index is 267. The molecule has 6 heteroatoms. The molecule has 1 N–H and O–H groups in total. The molecule has 0 saturated carbocycles. The molecule has 12 heavy (non-hydrogen) atoms. The van der Waals surface area contributed by atoms with Crippen molar-refractivity contribution in [2.24, 2.45) is 0 Å². The first kappa shape index (κ1) is 12.9. The third kappa shape index (κ3) is 4.78. The van der Waals surface area contributed by atoms with E-state index in [4.69, 9.17) is 0 Å². The van der Waals surface area contributed by atoms with Crippen molar-refractivity contribution >= 4 is 69.1 Å². The summed E-state index contributed by atoms with van der Waals surface area (Å²) in [6.07, 6.45) is 0. The molecule has 61 valence electrons. The molecule has 1 rings (SSSR count). The predicted molar refractivity (Wildman–Crippen MR) is 57.5 cm³/mol. The Morgan fingerprint density at radius 1 is 1.33 bits per heavy atom. The van der Waals surface area contributed by atoms with Gasteiger partial charge in [-0.25, -0.2) is 0 Å². The molecule has 1 atom stereocenters. The van der Waals surface area contributed by atoms with Crippen LogP contribution in [0, 0.1) is 3.57 Å². The van der Waals surface area contributed by atoms with Crippen LogP contribution >= 0.6 is 22.6 Å². The Morgan fingerprint density at radius 2 is 1.83 bits per heavy atom. The summed E-state index contributed by atoms with van der Waals surface area (Å²) >= 11 is -0.0772. The van der Waals surface area contributed by atoms with Crippen LogP contribution < -0.4 is 4.72 Å². The van der Waals surface area contributed by atoms with Crippen LogP contribution in [0.4, 0.5) is 5.69 Å². The van der Waals surface area contributed by atoms with Crippen LogP contribution in [-0.4, -0.2) is 38.3 Å². The molecule has 0 aliphatic rings. The maximum Gasteiger partial charge on any atom is 0.0453 e. The molecule has 1 aromatic rings. The van der Waals surface area contributed by atoms with Gasteiger partial charge in [0, 0.05) is 50.1 Å². The van der Waals surface area contributed by atoms with Crippen LogP contribution in [0.2, 0.25) is 0 Å². The average Bonchev–Trinajstić information content (AvgIpc) is 1.93. The van der Waals surface area contributed by atoms with E-state index in [1.807, 2.05) is 12.1 Å². The van der Waals surface area contributed by atoms with Gasteiger partial charge in [-0.15, -0.1) is 0 Å². The smallest absolute Gasteiger partial charge is 0.0453 e. The third-order valence-corrected chi connectivity index (χ3v) is 2.17. The fourth-order valence-electron chi connectivity index (χ4n) is 0.614. The summed E-state index contributed by atoms with van der Waals surface area (Å²) in [6, 6.07) is 7.07. The minimum Gasteiger partial charge on any atom is -0.755 e. The van der Waals surface area contributed by atoms with E-state index < -0.39 is 11.3 Å². The average molecular weight is 305 g/mol. The zero-order chi connectivity index (χ0) is 8.27. The quantitative estimate of drug-likeness (QED) is 0.506. The predicted octanol–water partition coefficient (Wildman–Crippen LogP) is 1.12. The summed E-state index contributed by atoms with van der Waals surface area (Å²) in [7, 11) is 0.